The van der Waals surface area contributed by atoms with Gasteiger partial charge in [-0.25, -0.2) is 0 Å². The van der Waals surface area contributed by atoms with Crippen molar-refractivity contribution in [1.82, 2.24) is 5.32 Å². The van der Waals surface area contributed by atoms with Crippen LogP contribution in [0.15, 0.2) is 18.2 Å². The van der Waals surface area contributed by atoms with E-state index in [4.69, 9.17) is 9.84 Å². The molecule has 4 nitrogen and oxygen atoms in total. The van der Waals surface area contributed by atoms with Gasteiger partial charge in [0.1, 0.15) is 18.5 Å². The molecule has 0 saturated carbocycles. The fourth-order valence-electron chi connectivity index (χ4n) is 2.28. The van der Waals surface area contributed by atoms with Gasteiger partial charge in [0.15, 0.2) is 0 Å². The van der Waals surface area contributed by atoms with E-state index >= 15 is 0 Å². The molecule has 0 aromatic heterocycles. The van der Waals surface area contributed by atoms with Crippen LogP contribution in [-0.4, -0.2) is 42.1 Å². The molecule has 0 spiro atoms. The first-order chi connectivity index (χ1) is 9.97. The molecule has 1 aromatic carbocycles. The number of aliphatic hydroxyl groups excluding tert-OH is 2. The Kier molecular flexibility index (Phi) is 7.72. The van der Waals surface area contributed by atoms with Gasteiger partial charge in [-0.2, -0.15) is 0 Å². The molecule has 0 aliphatic heterocycles. The summed E-state index contributed by atoms with van der Waals surface area (Å²) in [6.45, 7) is 9.16. The molecule has 120 valence electrons. The molecule has 4 heteroatoms. The van der Waals surface area contributed by atoms with E-state index < -0.39 is 6.10 Å². The summed E-state index contributed by atoms with van der Waals surface area (Å²) in [7, 11) is 0. The monoisotopic (exact) mass is 295 g/mol. The molecule has 0 fully saturated rings. The third-order valence-electron chi connectivity index (χ3n) is 3.66. The van der Waals surface area contributed by atoms with Gasteiger partial charge in [-0.1, -0.05) is 26.8 Å². The number of nitrogens with one attached hydrogen (secondary N) is 1. The predicted octanol–water partition coefficient (Wildman–Crippen LogP) is 2.22. The van der Waals surface area contributed by atoms with Gasteiger partial charge in [0.05, 0.1) is 6.61 Å². The lowest BCUT2D eigenvalue weighted by Crippen LogP contribution is -2.39. The Morgan fingerprint density at radius 2 is 2.00 bits per heavy atom. The highest BCUT2D eigenvalue weighted by atomic mass is 16.5. The van der Waals surface area contributed by atoms with Crippen molar-refractivity contribution in [2.45, 2.75) is 52.2 Å². The smallest absolute Gasteiger partial charge is 0.119 e. The second kappa shape index (κ2) is 9.03. The number of benzene rings is 1. The number of aryl methyl sites for hydroxylation is 1. The van der Waals surface area contributed by atoms with Crippen molar-refractivity contribution in [2.75, 3.05) is 19.8 Å². The largest absolute Gasteiger partial charge is 0.491 e. The molecule has 0 unspecified atom stereocenters. The average Bonchev–Trinajstić information content (AvgIpc) is 2.45. The highest BCUT2D eigenvalue weighted by molar-refractivity contribution is 5.36. The lowest BCUT2D eigenvalue weighted by atomic mass is 9.98. The van der Waals surface area contributed by atoms with Gasteiger partial charge in [0, 0.05) is 12.6 Å². The Hall–Kier alpha value is -1.10. The van der Waals surface area contributed by atoms with Crippen molar-refractivity contribution in [3.8, 4) is 5.75 Å². The lowest BCUT2D eigenvalue weighted by molar-refractivity contribution is 0.0994. The van der Waals surface area contributed by atoms with Gasteiger partial charge in [0.2, 0.25) is 0 Å². The number of rotatable bonds is 9. The molecule has 1 aromatic rings. The molecule has 0 radical (unpaired) electrons. The highest BCUT2D eigenvalue weighted by Gasteiger charge is 2.10. The summed E-state index contributed by atoms with van der Waals surface area (Å²) in [4.78, 5) is 0. The maximum absolute atomic E-state index is 9.89. The van der Waals surface area contributed by atoms with Gasteiger partial charge >= 0.3 is 0 Å². The van der Waals surface area contributed by atoms with Crippen LogP contribution in [0.5, 0.6) is 5.75 Å². The van der Waals surface area contributed by atoms with Gasteiger partial charge in [0.25, 0.3) is 0 Å². The van der Waals surface area contributed by atoms with Gasteiger partial charge in [-0.05, 0) is 42.5 Å². The Morgan fingerprint density at radius 3 is 2.52 bits per heavy atom. The van der Waals surface area contributed by atoms with Crippen molar-refractivity contribution in [1.29, 1.82) is 0 Å². The molecule has 3 N–H and O–H groups in total. The third-order valence-corrected chi connectivity index (χ3v) is 3.66. The Bertz CT molecular complexity index is 416. The van der Waals surface area contributed by atoms with Crippen LogP contribution in [0.4, 0.5) is 0 Å². The Balaban J connectivity index is 2.42. The van der Waals surface area contributed by atoms with E-state index in [0.29, 0.717) is 12.5 Å². The molecule has 0 aliphatic carbocycles. The number of hydrogen-bond donors (Lipinski definition) is 3. The Morgan fingerprint density at radius 1 is 1.29 bits per heavy atom. The van der Waals surface area contributed by atoms with Crippen LogP contribution < -0.4 is 10.1 Å². The minimum atomic E-state index is -0.587. The molecular weight excluding hydrogens is 266 g/mol. The second-order valence-corrected chi connectivity index (χ2v) is 5.83. The van der Waals surface area contributed by atoms with E-state index in [-0.39, 0.29) is 19.3 Å². The van der Waals surface area contributed by atoms with Crippen molar-refractivity contribution < 1.29 is 14.9 Å². The van der Waals surface area contributed by atoms with Crippen LogP contribution in [0.1, 0.15) is 44.2 Å². The van der Waals surface area contributed by atoms with Crippen LogP contribution >= 0.6 is 0 Å². The van der Waals surface area contributed by atoms with E-state index in [1.54, 1.807) is 0 Å². The zero-order chi connectivity index (χ0) is 15.8. The summed E-state index contributed by atoms with van der Waals surface area (Å²) in [5.41, 5.74) is 2.53. The predicted molar refractivity (Wildman–Crippen MR) is 85.9 cm³/mol. The summed E-state index contributed by atoms with van der Waals surface area (Å²) >= 11 is 0. The lowest BCUT2D eigenvalue weighted by Gasteiger charge is -2.18. The number of aliphatic hydroxyl groups is 2. The Labute approximate surface area is 128 Å². The molecule has 2 atom stereocenters. The zero-order valence-electron chi connectivity index (χ0n) is 13.6. The third kappa shape index (κ3) is 6.04. The molecule has 21 heavy (non-hydrogen) atoms. The topological polar surface area (TPSA) is 61.7 Å². The van der Waals surface area contributed by atoms with Crippen LogP contribution in [-0.2, 0) is 0 Å². The normalized spacial score (nSPS) is 14.2. The van der Waals surface area contributed by atoms with E-state index in [1.807, 2.05) is 19.1 Å². The van der Waals surface area contributed by atoms with Crippen molar-refractivity contribution >= 4 is 0 Å². The number of hydrogen-bond acceptors (Lipinski definition) is 4. The molecular formula is C17H29NO3. The number of ether oxygens (including phenoxy) is 1. The van der Waals surface area contributed by atoms with E-state index in [0.717, 1.165) is 12.2 Å². The summed E-state index contributed by atoms with van der Waals surface area (Å²) in [5, 5.41) is 22.1. The first kappa shape index (κ1) is 18.0. The van der Waals surface area contributed by atoms with E-state index in [1.165, 1.54) is 11.1 Å². The van der Waals surface area contributed by atoms with Crippen molar-refractivity contribution in [3.63, 3.8) is 0 Å². The fraction of sp³-hybridized carbons (Fsp3) is 0.647. The van der Waals surface area contributed by atoms with Crippen molar-refractivity contribution in [2.24, 2.45) is 0 Å². The van der Waals surface area contributed by atoms with Crippen LogP contribution in [0.3, 0.4) is 0 Å². The molecule has 0 bridgehead atoms. The standard InChI is InChI=1S/C17H29NO3/c1-5-14(10-19)18-9-15(20)11-21-16-6-7-17(12(2)3)13(4)8-16/h6-8,12,14-15,18-20H,5,9-11H2,1-4H3/t14-,15-/m0/s1. The summed E-state index contributed by atoms with van der Waals surface area (Å²) in [6, 6.07) is 6.08. The van der Waals surface area contributed by atoms with E-state index in [9.17, 15) is 5.11 Å². The molecule has 0 aliphatic rings. The van der Waals surface area contributed by atoms with Crippen LogP contribution in [0.2, 0.25) is 0 Å². The SMILES string of the molecule is CC[C@@H](CO)NC[C@H](O)COc1ccc(C(C)C)c(C)c1. The van der Waals surface area contributed by atoms with Gasteiger partial charge < -0.3 is 20.3 Å². The van der Waals surface area contributed by atoms with Crippen molar-refractivity contribution in [3.05, 3.63) is 29.3 Å². The maximum Gasteiger partial charge on any atom is 0.119 e. The van der Waals surface area contributed by atoms with Crippen LogP contribution in [0, 0.1) is 6.92 Å². The highest BCUT2D eigenvalue weighted by Crippen LogP contribution is 2.23. The molecule has 0 amide bonds. The first-order valence-corrected chi connectivity index (χ1v) is 7.73. The maximum atomic E-state index is 9.89. The summed E-state index contributed by atoms with van der Waals surface area (Å²) in [5.74, 6) is 1.28. The van der Waals surface area contributed by atoms with Gasteiger partial charge in [-0.15, -0.1) is 0 Å². The van der Waals surface area contributed by atoms with Crippen LogP contribution in [0.25, 0.3) is 0 Å². The van der Waals surface area contributed by atoms with Gasteiger partial charge in [-0.3, -0.25) is 0 Å². The first-order valence-electron chi connectivity index (χ1n) is 7.73. The second-order valence-electron chi connectivity index (χ2n) is 5.83. The molecule has 0 saturated heterocycles. The minimum absolute atomic E-state index is 0.0345. The summed E-state index contributed by atoms with van der Waals surface area (Å²) in [6.07, 6.45) is 0.246. The molecule has 1 rings (SSSR count). The molecule has 0 heterocycles. The average molecular weight is 295 g/mol. The minimum Gasteiger partial charge on any atom is -0.491 e. The van der Waals surface area contributed by atoms with E-state index in [2.05, 4.69) is 32.2 Å². The fourth-order valence-corrected chi connectivity index (χ4v) is 2.28. The zero-order valence-corrected chi connectivity index (χ0v) is 13.6. The quantitative estimate of drug-likeness (QED) is 0.654. The summed E-state index contributed by atoms with van der Waals surface area (Å²) < 4.78 is 5.63.